The fraction of sp³-hybridized carbons (Fsp3) is 0.417. The maximum absolute atomic E-state index is 13.6. The summed E-state index contributed by atoms with van der Waals surface area (Å²) in [7, 11) is -3.95. The van der Waals surface area contributed by atoms with Gasteiger partial charge in [-0.05, 0) is 50.5 Å². The number of halogens is 3. The van der Waals surface area contributed by atoms with Crippen molar-refractivity contribution in [3.63, 3.8) is 0 Å². The average Bonchev–Trinajstić information content (AvgIpc) is 2.78. The molecule has 2 aromatic carbocycles. The topological polar surface area (TPSA) is 86.8 Å². The first-order chi connectivity index (χ1) is 16.3. The van der Waals surface area contributed by atoms with Crippen molar-refractivity contribution in [2.45, 2.75) is 52.7 Å². The van der Waals surface area contributed by atoms with Gasteiger partial charge in [-0.3, -0.25) is 13.9 Å². The third-order valence-corrected chi connectivity index (χ3v) is 7.86. The summed E-state index contributed by atoms with van der Waals surface area (Å²) in [5, 5.41) is 3.14. The molecule has 0 bridgehead atoms. The Bertz CT molecular complexity index is 1190. The zero-order chi connectivity index (χ0) is 26.5. The molecule has 0 aliphatic heterocycles. The summed E-state index contributed by atoms with van der Waals surface area (Å²) < 4.78 is 26.2. The summed E-state index contributed by atoms with van der Waals surface area (Å²) in [6, 6.07) is 9.15. The van der Waals surface area contributed by atoms with Gasteiger partial charge < -0.3 is 10.2 Å². The first-order valence-electron chi connectivity index (χ1n) is 11.0. The fourth-order valence-corrected chi connectivity index (χ4v) is 4.86. The normalized spacial score (nSPS) is 13.1. The molecule has 0 aliphatic carbocycles. The van der Waals surface area contributed by atoms with Crippen LogP contribution in [0, 0.1) is 6.92 Å². The molecule has 2 atom stereocenters. The second-order valence-corrected chi connectivity index (χ2v) is 11.6. The average molecular weight is 563 g/mol. The molecule has 2 rings (SSSR count). The van der Waals surface area contributed by atoms with Crippen LogP contribution in [0.25, 0.3) is 0 Å². The van der Waals surface area contributed by atoms with Gasteiger partial charge in [-0.2, -0.15) is 0 Å². The lowest BCUT2D eigenvalue weighted by Crippen LogP contribution is -2.52. The number of benzene rings is 2. The maximum atomic E-state index is 13.6. The molecule has 0 unspecified atom stereocenters. The van der Waals surface area contributed by atoms with Crippen LogP contribution in [0.1, 0.15) is 38.3 Å². The number of carbonyl (C=O) groups is 2. The molecule has 2 amide bonds. The zero-order valence-electron chi connectivity index (χ0n) is 20.3. The van der Waals surface area contributed by atoms with Crippen LogP contribution in [0.5, 0.6) is 0 Å². The highest BCUT2D eigenvalue weighted by atomic mass is 35.5. The first kappa shape index (κ1) is 29.2. The van der Waals surface area contributed by atoms with E-state index in [2.05, 4.69) is 5.32 Å². The number of carbonyl (C=O) groups excluding carboxylic acids is 2. The van der Waals surface area contributed by atoms with Crippen molar-refractivity contribution in [2.75, 3.05) is 17.1 Å². The number of hydrogen-bond acceptors (Lipinski definition) is 4. The number of aryl methyl sites for hydroxylation is 1. The van der Waals surface area contributed by atoms with Gasteiger partial charge in [0.05, 0.1) is 27.0 Å². The van der Waals surface area contributed by atoms with E-state index in [0.29, 0.717) is 0 Å². The minimum atomic E-state index is -3.95. The summed E-state index contributed by atoms with van der Waals surface area (Å²) in [6.07, 6.45) is 1.69. The highest BCUT2D eigenvalue weighted by molar-refractivity contribution is 7.92. The van der Waals surface area contributed by atoms with Gasteiger partial charge in [0.25, 0.3) is 0 Å². The third-order valence-electron chi connectivity index (χ3n) is 5.71. The second-order valence-electron chi connectivity index (χ2n) is 8.43. The molecular formula is C24H30Cl3N3O4S. The Balaban J connectivity index is 2.47. The number of rotatable bonds is 10. The lowest BCUT2D eigenvalue weighted by atomic mass is 10.1. The Hall–Kier alpha value is -2.00. The predicted molar refractivity (Wildman–Crippen MR) is 143 cm³/mol. The van der Waals surface area contributed by atoms with Crippen LogP contribution in [0.4, 0.5) is 5.69 Å². The Morgan fingerprint density at radius 2 is 1.63 bits per heavy atom. The highest BCUT2D eigenvalue weighted by Gasteiger charge is 2.31. The molecule has 2 aromatic rings. The number of nitrogens with one attached hydrogen (secondary N) is 1. The molecular weight excluding hydrogens is 533 g/mol. The summed E-state index contributed by atoms with van der Waals surface area (Å²) in [5.41, 5.74) is 1.79. The standard InChI is InChI=1S/C24H30Cl3N3O4S/c1-6-16(3)28-24(32)17(4)29(13-18-10-8-7-9-15(18)2)23(31)14-30(35(5,33)34)22-12-20(26)19(25)11-21(22)27/h7-12,16-17H,6,13-14H2,1-5H3,(H,28,32)/t16-,17-/m1/s1. The number of anilines is 1. The Morgan fingerprint density at radius 3 is 2.20 bits per heavy atom. The van der Waals surface area contributed by atoms with Crippen molar-refractivity contribution < 1.29 is 18.0 Å². The summed E-state index contributed by atoms with van der Waals surface area (Å²) in [5.74, 6) is -0.910. The van der Waals surface area contributed by atoms with E-state index in [1.807, 2.05) is 45.0 Å². The second kappa shape index (κ2) is 12.3. The van der Waals surface area contributed by atoms with Crippen molar-refractivity contribution >= 4 is 62.3 Å². The van der Waals surface area contributed by atoms with Gasteiger partial charge in [-0.15, -0.1) is 0 Å². The van der Waals surface area contributed by atoms with Crippen LogP contribution in [-0.2, 0) is 26.2 Å². The lowest BCUT2D eigenvalue weighted by Gasteiger charge is -2.32. The summed E-state index contributed by atoms with van der Waals surface area (Å²) >= 11 is 18.4. The van der Waals surface area contributed by atoms with E-state index in [0.717, 1.165) is 28.1 Å². The largest absolute Gasteiger partial charge is 0.352 e. The van der Waals surface area contributed by atoms with Crippen molar-refractivity contribution in [3.8, 4) is 0 Å². The van der Waals surface area contributed by atoms with Crippen LogP contribution < -0.4 is 9.62 Å². The van der Waals surface area contributed by atoms with Crippen molar-refractivity contribution in [3.05, 3.63) is 62.6 Å². The molecule has 192 valence electrons. The van der Waals surface area contributed by atoms with E-state index in [1.165, 1.54) is 17.0 Å². The number of sulfonamides is 1. The Kier molecular flexibility index (Phi) is 10.3. The quantitative estimate of drug-likeness (QED) is 0.411. The van der Waals surface area contributed by atoms with E-state index in [4.69, 9.17) is 34.8 Å². The minimum absolute atomic E-state index is 0.0180. The maximum Gasteiger partial charge on any atom is 0.244 e. The molecule has 7 nitrogen and oxygen atoms in total. The highest BCUT2D eigenvalue weighted by Crippen LogP contribution is 2.35. The first-order valence-corrected chi connectivity index (χ1v) is 14.0. The van der Waals surface area contributed by atoms with Gasteiger partial charge in [0, 0.05) is 12.6 Å². The SMILES string of the molecule is CC[C@@H](C)NC(=O)[C@@H](C)N(Cc1ccccc1C)C(=O)CN(c1cc(Cl)c(Cl)cc1Cl)S(C)(=O)=O. The molecule has 11 heteroatoms. The van der Waals surface area contributed by atoms with Crippen LogP contribution in [0.3, 0.4) is 0 Å². The number of amides is 2. The molecule has 35 heavy (non-hydrogen) atoms. The monoisotopic (exact) mass is 561 g/mol. The van der Waals surface area contributed by atoms with Gasteiger partial charge >= 0.3 is 0 Å². The van der Waals surface area contributed by atoms with Crippen LogP contribution in [0.15, 0.2) is 36.4 Å². The van der Waals surface area contributed by atoms with E-state index in [-0.39, 0.29) is 39.2 Å². The van der Waals surface area contributed by atoms with Crippen LogP contribution in [-0.4, -0.2) is 50.0 Å². The van der Waals surface area contributed by atoms with Crippen molar-refractivity contribution in [2.24, 2.45) is 0 Å². The minimum Gasteiger partial charge on any atom is -0.352 e. The number of nitrogens with zero attached hydrogens (tertiary/aromatic N) is 2. The van der Waals surface area contributed by atoms with Gasteiger partial charge in [0.15, 0.2) is 0 Å². The zero-order valence-corrected chi connectivity index (χ0v) is 23.4. The van der Waals surface area contributed by atoms with E-state index < -0.39 is 28.5 Å². The molecule has 0 saturated carbocycles. The van der Waals surface area contributed by atoms with Gasteiger partial charge in [-0.1, -0.05) is 66.0 Å². The molecule has 0 aliphatic rings. The molecule has 0 radical (unpaired) electrons. The van der Waals surface area contributed by atoms with E-state index in [9.17, 15) is 18.0 Å². The molecule has 0 heterocycles. The lowest BCUT2D eigenvalue weighted by molar-refractivity contribution is -0.139. The van der Waals surface area contributed by atoms with Crippen molar-refractivity contribution in [1.29, 1.82) is 0 Å². The summed E-state index contributed by atoms with van der Waals surface area (Å²) in [4.78, 5) is 27.9. The molecule has 0 saturated heterocycles. The molecule has 0 fully saturated rings. The smallest absolute Gasteiger partial charge is 0.244 e. The molecule has 1 N–H and O–H groups in total. The van der Waals surface area contributed by atoms with E-state index in [1.54, 1.807) is 6.92 Å². The van der Waals surface area contributed by atoms with Gasteiger partial charge in [0.1, 0.15) is 12.6 Å². The van der Waals surface area contributed by atoms with Gasteiger partial charge in [-0.25, -0.2) is 8.42 Å². The van der Waals surface area contributed by atoms with Crippen LogP contribution in [0.2, 0.25) is 15.1 Å². The predicted octanol–water partition coefficient (Wildman–Crippen LogP) is 5.05. The Labute approximate surface area is 222 Å². The third kappa shape index (κ3) is 7.74. The van der Waals surface area contributed by atoms with Crippen LogP contribution >= 0.6 is 34.8 Å². The van der Waals surface area contributed by atoms with E-state index >= 15 is 0 Å². The molecule has 0 spiro atoms. The molecule has 0 aromatic heterocycles. The summed E-state index contributed by atoms with van der Waals surface area (Å²) in [6.45, 7) is 6.87. The number of hydrogen-bond donors (Lipinski definition) is 1. The Morgan fingerprint density at radius 1 is 1.03 bits per heavy atom. The van der Waals surface area contributed by atoms with Crippen molar-refractivity contribution in [1.82, 2.24) is 10.2 Å². The fourth-order valence-electron chi connectivity index (χ4n) is 3.32. The van der Waals surface area contributed by atoms with Gasteiger partial charge in [0.2, 0.25) is 21.8 Å².